The summed E-state index contributed by atoms with van der Waals surface area (Å²) in [6.07, 6.45) is 2.02. The number of nitrogens with zero attached hydrogens (tertiary/aromatic N) is 2. The quantitative estimate of drug-likeness (QED) is 0.901. The lowest BCUT2D eigenvalue weighted by Crippen LogP contribution is -2.52. The van der Waals surface area contributed by atoms with E-state index in [0.717, 1.165) is 24.1 Å². The van der Waals surface area contributed by atoms with Crippen molar-refractivity contribution in [1.82, 2.24) is 4.90 Å². The van der Waals surface area contributed by atoms with E-state index >= 15 is 0 Å². The summed E-state index contributed by atoms with van der Waals surface area (Å²) in [6.45, 7) is 4.58. The van der Waals surface area contributed by atoms with Crippen LogP contribution in [0, 0.1) is 5.92 Å². The third-order valence-electron chi connectivity index (χ3n) is 5.05. The van der Waals surface area contributed by atoms with Crippen molar-refractivity contribution in [2.45, 2.75) is 45.3 Å². The summed E-state index contributed by atoms with van der Waals surface area (Å²) >= 11 is 0. The van der Waals surface area contributed by atoms with Crippen molar-refractivity contribution >= 4 is 17.5 Å². The molecule has 1 aromatic rings. The molecule has 2 unspecified atom stereocenters. The number of piperidine rings is 1. The topological polar surface area (TPSA) is 60.9 Å². The van der Waals surface area contributed by atoms with E-state index in [0.29, 0.717) is 19.5 Å². The highest BCUT2D eigenvalue weighted by atomic mass is 16.3. The third-order valence-corrected chi connectivity index (χ3v) is 5.05. The van der Waals surface area contributed by atoms with Gasteiger partial charge in [0.15, 0.2) is 0 Å². The summed E-state index contributed by atoms with van der Waals surface area (Å²) in [6, 6.07) is 7.27. The molecule has 3 rings (SSSR count). The molecule has 23 heavy (non-hydrogen) atoms. The molecule has 5 nitrogen and oxygen atoms in total. The van der Waals surface area contributed by atoms with Crippen LogP contribution in [0.1, 0.15) is 32.3 Å². The van der Waals surface area contributed by atoms with Crippen LogP contribution in [0.5, 0.6) is 0 Å². The van der Waals surface area contributed by atoms with Crippen molar-refractivity contribution in [3.63, 3.8) is 0 Å². The normalized spacial score (nSPS) is 25.2. The van der Waals surface area contributed by atoms with Gasteiger partial charge in [0, 0.05) is 38.0 Å². The van der Waals surface area contributed by atoms with E-state index < -0.39 is 12.1 Å². The molecule has 1 saturated heterocycles. The first kappa shape index (κ1) is 16.0. The van der Waals surface area contributed by atoms with Crippen LogP contribution in [0.2, 0.25) is 0 Å². The van der Waals surface area contributed by atoms with Crippen LogP contribution >= 0.6 is 0 Å². The average molecular weight is 316 g/mol. The van der Waals surface area contributed by atoms with E-state index in [9.17, 15) is 14.7 Å². The number of para-hydroxylation sites is 1. The molecule has 124 valence electrons. The fourth-order valence-electron chi connectivity index (χ4n) is 3.79. The molecule has 0 saturated carbocycles. The second-order valence-electron chi connectivity index (χ2n) is 6.66. The largest absolute Gasteiger partial charge is 0.393 e. The number of benzene rings is 1. The lowest BCUT2D eigenvalue weighted by Gasteiger charge is -2.37. The second kappa shape index (κ2) is 6.32. The first-order chi connectivity index (χ1) is 11.0. The number of hydrogen-bond acceptors (Lipinski definition) is 3. The van der Waals surface area contributed by atoms with Gasteiger partial charge in [-0.1, -0.05) is 18.2 Å². The van der Waals surface area contributed by atoms with Gasteiger partial charge in [-0.05, 0) is 31.4 Å². The van der Waals surface area contributed by atoms with Crippen LogP contribution in [-0.4, -0.2) is 47.1 Å². The molecule has 2 aliphatic rings. The lowest BCUT2D eigenvalue weighted by molar-refractivity contribution is -0.136. The van der Waals surface area contributed by atoms with Gasteiger partial charge in [-0.15, -0.1) is 0 Å². The molecule has 0 bridgehead atoms. The van der Waals surface area contributed by atoms with Crippen LogP contribution in [-0.2, 0) is 16.0 Å². The fourth-order valence-corrected chi connectivity index (χ4v) is 3.79. The van der Waals surface area contributed by atoms with Crippen molar-refractivity contribution in [1.29, 1.82) is 0 Å². The van der Waals surface area contributed by atoms with Gasteiger partial charge in [0.05, 0.1) is 6.10 Å². The molecule has 2 aliphatic heterocycles. The van der Waals surface area contributed by atoms with Gasteiger partial charge < -0.3 is 10.0 Å². The fraction of sp³-hybridized carbons (Fsp3) is 0.556. The minimum Gasteiger partial charge on any atom is -0.393 e. The first-order valence-electron chi connectivity index (χ1n) is 8.33. The smallest absolute Gasteiger partial charge is 0.246 e. The molecule has 1 fully saturated rings. The summed E-state index contributed by atoms with van der Waals surface area (Å²) in [4.78, 5) is 28.6. The molecule has 0 radical (unpaired) electrons. The van der Waals surface area contributed by atoms with E-state index in [1.165, 1.54) is 6.92 Å². The van der Waals surface area contributed by atoms with Gasteiger partial charge in [-0.2, -0.15) is 0 Å². The molecule has 5 heteroatoms. The van der Waals surface area contributed by atoms with Crippen molar-refractivity contribution in [3.8, 4) is 0 Å². The molecular weight excluding hydrogens is 292 g/mol. The van der Waals surface area contributed by atoms with E-state index in [2.05, 4.69) is 0 Å². The number of aliphatic hydroxyl groups excluding tert-OH is 1. The Balaban J connectivity index is 1.81. The highest BCUT2D eigenvalue weighted by Gasteiger charge is 2.40. The number of carbonyl (C=O) groups is 2. The number of rotatable bonds is 2. The van der Waals surface area contributed by atoms with Crippen LogP contribution < -0.4 is 4.90 Å². The maximum atomic E-state index is 13.0. The molecule has 3 atom stereocenters. The van der Waals surface area contributed by atoms with Crippen molar-refractivity contribution < 1.29 is 14.7 Å². The van der Waals surface area contributed by atoms with Gasteiger partial charge >= 0.3 is 0 Å². The second-order valence-corrected chi connectivity index (χ2v) is 6.66. The minimum absolute atomic E-state index is 0.00162. The Morgan fingerprint density at radius 1 is 1.30 bits per heavy atom. The Labute approximate surface area is 136 Å². The Morgan fingerprint density at radius 2 is 2.04 bits per heavy atom. The third kappa shape index (κ3) is 2.98. The molecule has 2 amide bonds. The Kier molecular flexibility index (Phi) is 4.39. The van der Waals surface area contributed by atoms with E-state index in [4.69, 9.17) is 0 Å². The Hall–Kier alpha value is -1.88. The molecule has 1 N–H and O–H groups in total. The SMILES string of the molecule is CC(=O)N1c2ccccc2C[C@H]1C(=O)N1CCCC(C(C)O)C1. The molecule has 0 spiro atoms. The zero-order chi connectivity index (χ0) is 16.6. The first-order valence-corrected chi connectivity index (χ1v) is 8.33. The molecule has 1 aromatic carbocycles. The maximum Gasteiger partial charge on any atom is 0.246 e. The number of fused-ring (bicyclic) bond motifs is 1. The summed E-state index contributed by atoms with van der Waals surface area (Å²) in [5.41, 5.74) is 1.90. The van der Waals surface area contributed by atoms with Crippen molar-refractivity contribution in [2.75, 3.05) is 18.0 Å². The van der Waals surface area contributed by atoms with Gasteiger partial charge in [-0.3, -0.25) is 14.5 Å². The number of likely N-dealkylation sites (tertiary alicyclic amines) is 1. The van der Waals surface area contributed by atoms with Gasteiger partial charge in [0.1, 0.15) is 6.04 Å². The lowest BCUT2D eigenvalue weighted by atomic mass is 9.93. The standard InChI is InChI=1S/C18H24N2O3/c1-12(21)15-7-5-9-19(11-15)18(23)17-10-14-6-3-4-8-16(14)20(17)13(2)22/h3-4,6,8,12,15,17,21H,5,7,9-11H2,1-2H3/t12?,15?,17-/m0/s1. The molecular formula is C18H24N2O3. The summed E-state index contributed by atoms with van der Waals surface area (Å²) < 4.78 is 0. The van der Waals surface area contributed by atoms with Crippen LogP contribution in [0.25, 0.3) is 0 Å². The minimum atomic E-state index is -0.447. The van der Waals surface area contributed by atoms with Gasteiger partial charge in [0.25, 0.3) is 0 Å². The molecule has 0 aromatic heterocycles. The number of amides is 2. The average Bonchev–Trinajstić information content (AvgIpc) is 2.93. The Morgan fingerprint density at radius 3 is 2.74 bits per heavy atom. The van der Waals surface area contributed by atoms with E-state index in [1.54, 1.807) is 11.8 Å². The zero-order valence-electron chi connectivity index (χ0n) is 13.7. The molecule has 0 aliphatic carbocycles. The summed E-state index contributed by atoms with van der Waals surface area (Å²) in [7, 11) is 0. The Bertz CT molecular complexity index is 614. The number of aliphatic hydroxyl groups is 1. The highest BCUT2D eigenvalue weighted by Crippen LogP contribution is 2.33. The van der Waals surface area contributed by atoms with Crippen molar-refractivity contribution in [3.05, 3.63) is 29.8 Å². The van der Waals surface area contributed by atoms with E-state index in [1.807, 2.05) is 29.2 Å². The van der Waals surface area contributed by atoms with Crippen molar-refractivity contribution in [2.24, 2.45) is 5.92 Å². The number of hydrogen-bond donors (Lipinski definition) is 1. The predicted molar refractivity (Wildman–Crippen MR) is 88.1 cm³/mol. The van der Waals surface area contributed by atoms with Gasteiger partial charge in [0.2, 0.25) is 11.8 Å². The summed E-state index contributed by atoms with van der Waals surface area (Å²) in [5.74, 6) is 0.0291. The zero-order valence-corrected chi connectivity index (χ0v) is 13.7. The predicted octanol–water partition coefficient (Wildman–Crippen LogP) is 1.58. The monoisotopic (exact) mass is 316 g/mol. The van der Waals surface area contributed by atoms with E-state index in [-0.39, 0.29) is 17.7 Å². The van der Waals surface area contributed by atoms with Crippen LogP contribution in [0.15, 0.2) is 24.3 Å². The maximum absolute atomic E-state index is 13.0. The number of carbonyl (C=O) groups excluding carboxylic acids is 2. The van der Waals surface area contributed by atoms with Crippen LogP contribution in [0.4, 0.5) is 5.69 Å². The van der Waals surface area contributed by atoms with Gasteiger partial charge in [-0.25, -0.2) is 0 Å². The van der Waals surface area contributed by atoms with Crippen LogP contribution in [0.3, 0.4) is 0 Å². The number of anilines is 1. The summed E-state index contributed by atoms with van der Waals surface area (Å²) in [5, 5.41) is 9.82. The highest BCUT2D eigenvalue weighted by molar-refractivity contribution is 6.02. The molecule has 2 heterocycles.